The van der Waals surface area contributed by atoms with Crippen LogP contribution in [0.3, 0.4) is 0 Å². The van der Waals surface area contributed by atoms with Gasteiger partial charge in [-0.1, -0.05) is 6.92 Å². The Kier molecular flexibility index (Phi) is 3.04. The van der Waals surface area contributed by atoms with E-state index in [4.69, 9.17) is 14.2 Å². The van der Waals surface area contributed by atoms with Crippen molar-refractivity contribution in [2.45, 2.75) is 25.9 Å². The van der Waals surface area contributed by atoms with Gasteiger partial charge in [0.25, 0.3) is 0 Å². The van der Waals surface area contributed by atoms with E-state index in [0.717, 1.165) is 29.7 Å². The van der Waals surface area contributed by atoms with Crippen molar-refractivity contribution >= 4 is 0 Å². The predicted octanol–water partition coefficient (Wildman–Crippen LogP) is 1.96. The number of hydrogen-bond donors (Lipinski definition) is 1. The minimum atomic E-state index is 0.584. The van der Waals surface area contributed by atoms with Crippen molar-refractivity contribution in [1.29, 1.82) is 0 Å². The number of nitrogens with one attached hydrogen (secondary N) is 1. The summed E-state index contributed by atoms with van der Waals surface area (Å²) in [5, 5.41) is 3.53. The number of fused-ring (bicyclic) bond motifs is 1. The first-order valence-electron chi connectivity index (χ1n) is 6.48. The van der Waals surface area contributed by atoms with E-state index in [2.05, 4.69) is 12.2 Å². The molecular weight excluding hydrogens is 230 g/mol. The summed E-state index contributed by atoms with van der Waals surface area (Å²) in [5.74, 6) is 3.09. The van der Waals surface area contributed by atoms with E-state index < -0.39 is 0 Å². The lowest BCUT2D eigenvalue weighted by molar-refractivity contribution is 0.165. The largest absolute Gasteiger partial charge is 0.493 e. The highest BCUT2D eigenvalue weighted by Gasteiger charge is 2.31. The Morgan fingerprint density at radius 3 is 2.83 bits per heavy atom. The van der Waals surface area contributed by atoms with Crippen LogP contribution in [0.4, 0.5) is 0 Å². The molecule has 1 aromatic carbocycles. The molecule has 0 spiro atoms. The second-order valence-electron chi connectivity index (χ2n) is 5.02. The maximum Gasteiger partial charge on any atom is 0.203 e. The third-order valence-electron chi connectivity index (χ3n) is 3.57. The lowest BCUT2D eigenvalue weighted by Gasteiger charge is -2.21. The van der Waals surface area contributed by atoms with Gasteiger partial charge in [-0.25, -0.2) is 0 Å². The van der Waals surface area contributed by atoms with Gasteiger partial charge in [0.1, 0.15) is 13.2 Å². The minimum Gasteiger partial charge on any atom is -0.493 e. The van der Waals surface area contributed by atoms with Gasteiger partial charge in [-0.2, -0.15) is 0 Å². The quantitative estimate of drug-likeness (QED) is 0.885. The van der Waals surface area contributed by atoms with E-state index in [1.165, 1.54) is 12.0 Å². The Morgan fingerprint density at radius 1 is 1.33 bits per heavy atom. The van der Waals surface area contributed by atoms with Gasteiger partial charge in [0.15, 0.2) is 11.5 Å². The number of benzene rings is 1. The van der Waals surface area contributed by atoms with Gasteiger partial charge in [-0.15, -0.1) is 0 Å². The minimum absolute atomic E-state index is 0.584. The zero-order chi connectivity index (χ0) is 12.5. The highest BCUT2D eigenvalue weighted by molar-refractivity contribution is 5.54. The molecular formula is C14H19NO3. The van der Waals surface area contributed by atoms with E-state index in [1.54, 1.807) is 7.11 Å². The third kappa shape index (κ3) is 2.25. The molecule has 0 saturated heterocycles. The summed E-state index contributed by atoms with van der Waals surface area (Å²) in [5.41, 5.74) is 1.18. The molecule has 0 unspecified atom stereocenters. The van der Waals surface area contributed by atoms with Gasteiger partial charge >= 0.3 is 0 Å². The number of rotatable bonds is 4. The molecule has 18 heavy (non-hydrogen) atoms. The monoisotopic (exact) mass is 249 g/mol. The molecule has 0 radical (unpaired) electrons. The second-order valence-corrected chi connectivity index (χ2v) is 5.02. The van der Waals surface area contributed by atoms with Gasteiger partial charge in [0.2, 0.25) is 5.75 Å². The van der Waals surface area contributed by atoms with Gasteiger partial charge in [0.05, 0.1) is 7.11 Å². The molecule has 0 amide bonds. The van der Waals surface area contributed by atoms with Gasteiger partial charge in [-0.3, -0.25) is 0 Å². The number of hydrogen-bond acceptors (Lipinski definition) is 4. The summed E-state index contributed by atoms with van der Waals surface area (Å²) in [6.07, 6.45) is 1.28. The summed E-state index contributed by atoms with van der Waals surface area (Å²) in [6, 6.07) is 4.73. The number of ether oxygens (including phenoxy) is 3. The fourth-order valence-electron chi connectivity index (χ4n) is 2.28. The van der Waals surface area contributed by atoms with Crippen LogP contribution in [0.5, 0.6) is 17.2 Å². The summed E-state index contributed by atoms with van der Waals surface area (Å²) in [7, 11) is 1.66. The maximum absolute atomic E-state index is 5.62. The van der Waals surface area contributed by atoms with Gasteiger partial charge in [0, 0.05) is 12.6 Å². The molecule has 0 aromatic heterocycles. The lowest BCUT2D eigenvalue weighted by atomic mass is 10.1. The highest BCUT2D eigenvalue weighted by atomic mass is 16.6. The van der Waals surface area contributed by atoms with Crippen molar-refractivity contribution in [3.8, 4) is 17.2 Å². The average Bonchev–Trinajstić information content (AvgIpc) is 3.11. The normalized spacial score (nSPS) is 24.8. The molecule has 3 rings (SSSR count). The van der Waals surface area contributed by atoms with E-state index in [0.29, 0.717) is 19.3 Å². The summed E-state index contributed by atoms with van der Waals surface area (Å²) in [4.78, 5) is 0. The molecule has 1 saturated carbocycles. The van der Waals surface area contributed by atoms with E-state index in [9.17, 15) is 0 Å². The Morgan fingerprint density at radius 2 is 2.11 bits per heavy atom. The number of methoxy groups -OCH3 is 1. The molecule has 4 heteroatoms. The molecule has 0 bridgehead atoms. The smallest absolute Gasteiger partial charge is 0.203 e. The molecule has 1 aliphatic heterocycles. The van der Waals surface area contributed by atoms with Crippen molar-refractivity contribution in [3.63, 3.8) is 0 Å². The van der Waals surface area contributed by atoms with E-state index in [-0.39, 0.29) is 0 Å². The summed E-state index contributed by atoms with van der Waals surface area (Å²) in [6.45, 7) is 4.30. The molecule has 1 fully saturated rings. The lowest BCUT2D eigenvalue weighted by Crippen LogP contribution is -2.19. The summed E-state index contributed by atoms with van der Waals surface area (Å²) >= 11 is 0. The fourth-order valence-corrected chi connectivity index (χ4v) is 2.28. The second kappa shape index (κ2) is 4.69. The first-order chi connectivity index (χ1) is 8.78. The van der Waals surface area contributed by atoms with Gasteiger partial charge in [-0.05, 0) is 30.0 Å². The van der Waals surface area contributed by atoms with Crippen LogP contribution < -0.4 is 19.5 Å². The average molecular weight is 249 g/mol. The Hall–Kier alpha value is -1.42. The molecule has 1 aliphatic carbocycles. The molecule has 1 aromatic rings. The van der Waals surface area contributed by atoms with Crippen LogP contribution in [0, 0.1) is 5.92 Å². The zero-order valence-electron chi connectivity index (χ0n) is 10.9. The third-order valence-corrected chi connectivity index (χ3v) is 3.57. The molecule has 1 N–H and O–H groups in total. The predicted molar refractivity (Wildman–Crippen MR) is 68.4 cm³/mol. The first kappa shape index (κ1) is 11.7. The van der Waals surface area contributed by atoms with Crippen LogP contribution in [0.15, 0.2) is 12.1 Å². The topological polar surface area (TPSA) is 39.7 Å². The van der Waals surface area contributed by atoms with Crippen molar-refractivity contribution in [3.05, 3.63) is 17.7 Å². The van der Waals surface area contributed by atoms with Crippen molar-refractivity contribution in [1.82, 2.24) is 5.32 Å². The Bertz CT molecular complexity index is 430. The first-order valence-corrected chi connectivity index (χ1v) is 6.48. The Labute approximate surface area is 107 Å². The highest BCUT2D eigenvalue weighted by Crippen LogP contribution is 2.40. The molecule has 4 nitrogen and oxygen atoms in total. The van der Waals surface area contributed by atoms with Crippen LogP contribution in [0.1, 0.15) is 18.9 Å². The zero-order valence-corrected chi connectivity index (χ0v) is 10.9. The standard InChI is InChI=1S/C14H19NO3/c1-9-5-11(9)15-8-10-6-12(16-2)14-13(7-10)17-3-4-18-14/h6-7,9,11,15H,3-5,8H2,1-2H3/t9-,11-/m0/s1. The van der Waals surface area contributed by atoms with Gasteiger partial charge < -0.3 is 19.5 Å². The molecule has 1 heterocycles. The summed E-state index contributed by atoms with van der Waals surface area (Å²) < 4.78 is 16.6. The molecule has 2 aliphatic rings. The molecule has 98 valence electrons. The van der Waals surface area contributed by atoms with Crippen LogP contribution in [0.25, 0.3) is 0 Å². The van der Waals surface area contributed by atoms with Crippen LogP contribution in [0.2, 0.25) is 0 Å². The molecule has 2 atom stereocenters. The van der Waals surface area contributed by atoms with Crippen LogP contribution in [-0.2, 0) is 6.54 Å². The van der Waals surface area contributed by atoms with Crippen molar-refractivity contribution < 1.29 is 14.2 Å². The van der Waals surface area contributed by atoms with E-state index >= 15 is 0 Å². The van der Waals surface area contributed by atoms with Crippen LogP contribution >= 0.6 is 0 Å². The fraction of sp³-hybridized carbons (Fsp3) is 0.571. The van der Waals surface area contributed by atoms with Crippen molar-refractivity contribution in [2.24, 2.45) is 5.92 Å². The SMILES string of the molecule is COc1cc(CN[C@H]2C[C@@H]2C)cc2c1OCCO2. The van der Waals surface area contributed by atoms with Crippen LogP contribution in [-0.4, -0.2) is 26.4 Å². The van der Waals surface area contributed by atoms with Crippen molar-refractivity contribution in [2.75, 3.05) is 20.3 Å². The van der Waals surface area contributed by atoms with E-state index in [1.807, 2.05) is 12.1 Å². The Balaban J connectivity index is 1.77. The maximum atomic E-state index is 5.62.